The molecular formula is C51H34N4OS. The van der Waals surface area contributed by atoms with Crippen molar-refractivity contribution in [1.29, 1.82) is 0 Å². The largest absolute Gasteiger partial charge is 0.455 e. The maximum absolute atomic E-state index is 6.80. The van der Waals surface area contributed by atoms with Crippen LogP contribution < -0.4 is 10.6 Å². The van der Waals surface area contributed by atoms with E-state index in [-0.39, 0.29) is 12.3 Å². The van der Waals surface area contributed by atoms with E-state index >= 15 is 0 Å². The molecule has 0 saturated carbocycles. The number of hydrogen-bond acceptors (Lipinski definition) is 5. The summed E-state index contributed by atoms with van der Waals surface area (Å²) < 4.78 is 11.7. The lowest BCUT2D eigenvalue weighted by molar-refractivity contribution is 0.409. The monoisotopic (exact) mass is 750 g/mol. The Kier molecular flexibility index (Phi) is 7.24. The minimum atomic E-state index is -0.269. The molecule has 3 aromatic heterocycles. The van der Waals surface area contributed by atoms with Crippen LogP contribution in [0.3, 0.4) is 0 Å². The Morgan fingerprint density at radius 3 is 2.04 bits per heavy atom. The van der Waals surface area contributed by atoms with E-state index in [1.807, 2.05) is 23.5 Å². The molecular weight excluding hydrogens is 717 g/mol. The highest BCUT2D eigenvalue weighted by Gasteiger charge is 2.26. The second-order valence-electron chi connectivity index (χ2n) is 14.8. The van der Waals surface area contributed by atoms with Crippen LogP contribution in [0.5, 0.6) is 0 Å². The maximum Gasteiger partial charge on any atom is 0.143 e. The fraction of sp³-hybridized carbons (Fsp3) is 0.0392. The lowest BCUT2D eigenvalue weighted by Crippen LogP contribution is -2.44. The summed E-state index contributed by atoms with van der Waals surface area (Å²) in [5.41, 5.74) is 10.8. The van der Waals surface area contributed by atoms with Crippen LogP contribution in [0, 0.1) is 0 Å². The molecule has 0 spiro atoms. The molecule has 0 aliphatic carbocycles. The van der Waals surface area contributed by atoms with Gasteiger partial charge in [-0.3, -0.25) is 5.32 Å². The Balaban J connectivity index is 0.932. The number of hydrogen-bond donors (Lipinski definition) is 2. The molecule has 12 rings (SSSR count). The molecule has 8 aromatic carbocycles. The van der Waals surface area contributed by atoms with Gasteiger partial charge in [-0.05, 0) is 59.2 Å². The first-order valence-corrected chi connectivity index (χ1v) is 20.2. The standard InChI is InChI=1S/C51H34N4OS/c1-3-12-31(13-4-1)49-52-50(32-14-5-2-6-15-32)54-51(53-49)34-23-25-39-41-19-11-18-36(48(41)56-45(39)28-34)33-22-26-40-42-30-35(24-27-46(42)57-47(40)29-33)55-43-20-9-7-16-37(43)38-17-8-10-21-44(38)55/h1-30,49,51,53H,(H,52,54). The normalized spacial score (nSPS) is 15.9. The molecule has 57 heavy (non-hydrogen) atoms. The highest BCUT2D eigenvalue weighted by molar-refractivity contribution is 7.25. The van der Waals surface area contributed by atoms with Gasteiger partial charge < -0.3 is 14.3 Å². The van der Waals surface area contributed by atoms with E-state index in [4.69, 9.17) is 9.41 Å². The van der Waals surface area contributed by atoms with Crippen LogP contribution in [0.2, 0.25) is 0 Å². The fourth-order valence-corrected chi connectivity index (χ4v) is 9.90. The number of nitrogens with zero attached hydrogens (tertiary/aromatic N) is 2. The number of furan rings is 1. The van der Waals surface area contributed by atoms with Crippen molar-refractivity contribution in [2.75, 3.05) is 0 Å². The van der Waals surface area contributed by atoms with Crippen LogP contribution in [0.1, 0.15) is 29.0 Å². The van der Waals surface area contributed by atoms with Gasteiger partial charge in [0.15, 0.2) is 0 Å². The summed E-state index contributed by atoms with van der Waals surface area (Å²) in [6, 6.07) is 64.9. The average molecular weight is 751 g/mol. The van der Waals surface area contributed by atoms with Crippen LogP contribution in [0.15, 0.2) is 191 Å². The van der Waals surface area contributed by atoms with Crippen LogP contribution >= 0.6 is 11.3 Å². The molecule has 0 radical (unpaired) electrons. The number of thiophene rings is 1. The molecule has 0 amide bonds. The first-order valence-electron chi connectivity index (χ1n) is 19.3. The second kappa shape index (κ2) is 12.8. The third-order valence-electron chi connectivity index (χ3n) is 11.5. The molecule has 0 bridgehead atoms. The topological polar surface area (TPSA) is 54.5 Å². The summed E-state index contributed by atoms with van der Waals surface area (Å²) >= 11 is 1.84. The minimum absolute atomic E-state index is 0.106. The number of nitrogens with one attached hydrogen (secondary N) is 2. The summed E-state index contributed by atoms with van der Waals surface area (Å²) in [7, 11) is 0. The molecule has 2 atom stereocenters. The summed E-state index contributed by atoms with van der Waals surface area (Å²) in [5.74, 6) is 0.861. The summed E-state index contributed by atoms with van der Waals surface area (Å²) in [6.45, 7) is 0. The van der Waals surface area contributed by atoms with Gasteiger partial charge in [0, 0.05) is 58.5 Å². The van der Waals surface area contributed by atoms with Crippen molar-refractivity contribution < 1.29 is 4.42 Å². The highest BCUT2D eigenvalue weighted by atomic mass is 32.1. The van der Waals surface area contributed by atoms with Crippen molar-refractivity contribution >= 4 is 81.1 Å². The van der Waals surface area contributed by atoms with E-state index in [0.717, 1.165) is 55.6 Å². The number of fused-ring (bicyclic) bond motifs is 9. The van der Waals surface area contributed by atoms with Crippen molar-refractivity contribution in [3.63, 3.8) is 0 Å². The quantitative estimate of drug-likeness (QED) is 0.184. The van der Waals surface area contributed by atoms with Crippen LogP contribution in [0.4, 0.5) is 0 Å². The zero-order valence-electron chi connectivity index (χ0n) is 30.7. The van der Waals surface area contributed by atoms with E-state index in [1.54, 1.807) is 0 Å². The minimum Gasteiger partial charge on any atom is -0.455 e. The third-order valence-corrected chi connectivity index (χ3v) is 12.6. The Labute approximate surface area is 332 Å². The zero-order valence-corrected chi connectivity index (χ0v) is 31.5. The van der Waals surface area contributed by atoms with Crippen LogP contribution in [-0.4, -0.2) is 10.4 Å². The molecule has 2 unspecified atom stereocenters. The SMILES string of the molecule is c1ccc(C2=NC(c3ccc4c(c3)oc3c(-c5ccc6c(c5)sc5ccc(-n7c8ccccc8c8ccccc87)cc56)cccc34)NC(c3ccccc3)N2)cc1. The van der Waals surface area contributed by atoms with Crippen LogP contribution in [0.25, 0.3) is 80.7 Å². The molecule has 11 aromatic rings. The van der Waals surface area contributed by atoms with E-state index < -0.39 is 0 Å². The molecule has 6 heteroatoms. The summed E-state index contributed by atoms with van der Waals surface area (Å²) in [5, 5.41) is 14.6. The van der Waals surface area contributed by atoms with Gasteiger partial charge in [-0.1, -0.05) is 140 Å². The Morgan fingerprint density at radius 1 is 0.509 bits per heavy atom. The number of aromatic nitrogens is 1. The maximum atomic E-state index is 6.80. The zero-order chi connectivity index (χ0) is 37.5. The number of amidine groups is 1. The van der Waals surface area contributed by atoms with Crippen molar-refractivity contribution in [3.05, 3.63) is 199 Å². The van der Waals surface area contributed by atoms with Crippen molar-refractivity contribution in [3.8, 4) is 16.8 Å². The molecule has 0 saturated heterocycles. The van der Waals surface area contributed by atoms with E-state index in [0.29, 0.717) is 0 Å². The molecule has 5 nitrogen and oxygen atoms in total. The smallest absolute Gasteiger partial charge is 0.143 e. The number of rotatable bonds is 5. The number of aliphatic imine (C=N–C) groups is 1. The van der Waals surface area contributed by atoms with Crippen LogP contribution in [-0.2, 0) is 0 Å². The van der Waals surface area contributed by atoms with E-state index in [9.17, 15) is 0 Å². The number of benzene rings is 8. The molecule has 4 heterocycles. The lowest BCUT2D eigenvalue weighted by atomic mass is 10.0. The van der Waals surface area contributed by atoms with Gasteiger partial charge >= 0.3 is 0 Å². The Bertz CT molecular complexity index is 3320. The van der Waals surface area contributed by atoms with Crippen molar-refractivity contribution in [2.45, 2.75) is 12.3 Å². The van der Waals surface area contributed by atoms with Gasteiger partial charge in [0.25, 0.3) is 0 Å². The molecule has 1 aliphatic heterocycles. The average Bonchev–Trinajstić information content (AvgIpc) is 3.95. The molecule has 1 aliphatic rings. The van der Waals surface area contributed by atoms with Gasteiger partial charge in [-0.2, -0.15) is 0 Å². The van der Waals surface area contributed by atoms with E-state index in [2.05, 4.69) is 185 Å². The predicted molar refractivity (Wildman–Crippen MR) is 238 cm³/mol. The first kappa shape index (κ1) is 32.3. The molecule has 2 N–H and O–H groups in total. The van der Waals surface area contributed by atoms with Gasteiger partial charge in [-0.15, -0.1) is 11.3 Å². The molecule has 270 valence electrons. The van der Waals surface area contributed by atoms with Gasteiger partial charge in [0.1, 0.15) is 29.3 Å². The highest BCUT2D eigenvalue weighted by Crippen LogP contribution is 2.42. The summed E-state index contributed by atoms with van der Waals surface area (Å²) in [6.07, 6.45) is -0.375. The van der Waals surface area contributed by atoms with Gasteiger partial charge in [0.05, 0.1) is 11.0 Å². The predicted octanol–water partition coefficient (Wildman–Crippen LogP) is 13.1. The fourth-order valence-electron chi connectivity index (χ4n) is 8.77. The first-order chi connectivity index (χ1) is 28.2. The number of para-hydroxylation sites is 3. The van der Waals surface area contributed by atoms with Gasteiger partial charge in [-0.25, -0.2) is 4.99 Å². The second-order valence-corrected chi connectivity index (χ2v) is 15.9. The summed E-state index contributed by atoms with van der Waals surface area (Å²) in [4.78, 5) is 5.17. The lowest BCUT2D eigenvalue weighted by Gasteiger charge is -2.32. The van der Waals surface area contributed by atoms with Crippen molar-refractivity contribution in [1.82, 2.24) is 15.2 Å². The molecule has 0 fully saturated rings. The Morgan fingerprint density at radius 2 is 1.23 bits per heavy atom. The van der Waals surface area contributed by atoms with Crippen molar-refractivity contribution in [2.24, 2.45) is 4.99 Å². The third kappa shape index (κ3) is 5.22. The Hall–Kier alpha value is -6.99. The van der Waals surface area contributed by atoms with E-state index in [1.165, 1.54) is 47.7 Å². The van der Waals surface area contributed by atoms with Gasteiger partial charge in [0.2, 0.25) is 0 Å².